The Labute approximate surface area is 64.7 Å². The van der Waals surface area contributed by atoms with Crippen LogP contribution >= 0.6 is 0 Å². The van der Waals surface area contributed by atoms with Gasteiger partial charge < -0.3 is 0 Å². The molecule has 0 bridgehead atoms. The van der Waals surface area contributed by atoms with E-state index >= 15 is 0 Å². The zero-order valence-electron chi connectivity index (χ0n) is 5.10. The molecule has 0 amide bonds. The van der Waals surface area contributed by atoms with Gasteiger partial charge >= 0.3 is 0 Å². The van der Waals surface area contributed by atoms with Crippen LogP contribution in [0.15, 0.2) is 36.4 Å². The smallest absolute Gasteiger partial charge is 0.0814 e. The second kappa shape index (κ2) is 23.0. The van der Waals surface area contributed by atoms with E-state index < -0.39 is 0 Å². The third-order valence-corrected chi connectivity index (χ3v) is 0.667. The minimum absolute atomic E-state index is 0. The van der Waals surface area contributed by atoms with Gasteiger partial charge in [-0.2, -0.15) is 0 Å². The Kier molecular flexibility index (Phi) is 67.8. The van der Waals surface area contributed by atoms with Crippen LogP contribution in [-0.4, -0.2) is 8.41 Å². The van der Waals surface area contributed by atoms with E-state index in [-0.39, 0.29) is 27.2 Å². The predicted molar refractivity (Wildman–Crippen MR) is 46.4 cm³/mol. The molecule has 0 fully saturated rings. The average Bonchev–Trinajstić information content (AvgIpc) is 1.72. The number of hydrogen-bond donors (Lipinski definition) is 0. The topological polar surface area (TPSA) is 0 Å². The van der Waals surface area contributed by atoms with Gasteiger partial charge in [0.15, 0.2) is 0 Å². The van der Waals surface area contributed by atoms with Crippen molar-refractivity contribution in [3.63, 3.8) is 0 Å². The summed E-state index contributed by atoms with van der Waals surface area (Å²) in [5.74, 6) is 0. The van der Waals surface area contributed by atoms with Crippen LogP contribution in [-0.2, 0) is 0 Å². The first-order chi connectivity index (χ1) is 3.00. The molecule has 0 aliphatic rings. The first-order valence-electron chi connectivity index (χ1n) is 2.00. The maximum absolute atomic E-state index is 2.00. The molecule has 0 aliphatic heterocycles. The van der Waals surface area contributed by atoms with Crippen molar-refractivity contribution in [2.75, 3.05) is 0 Å². The summed E-state index contributed by atoms with van der Waals surface area (Å²) in [7, 11) is 0. The van der Waals surface area contributed by atoms with Crippen LogP contribution in [0.25, 0.3) is 0 Å². The molecule has 1 rings (SSSR count). The minimum Gasteiger partial charge on any atom is -0.269 e. The van der Waals surface area contributed by atoms with E-state index in [1.54, 1.807) is 0 Å². The maximum Gasteiger partial charge on any atom is 0.0814 e. The molecule has 1 aromatic carbocycles. The zero-order valence-corrected chi connectivity index (χ0v) is 5.10. The standard InChI is InChI=1S/C6H6.BH3.4FH/c1-2-4-6-5-3-1;;;;;/h1-6H;1H3;4*1H. The summed E-state index contributed by atoms with van der Waals surface area (Å²) in [5.41, 5.74) is 0. The van der Waals surface area contributed by atoms with E-state index in [0.29, 0.717) is 0 Å². The largest absolute Gasteiger partial charge is 0.269 e. The van der Waals surface area contributed by atoms with Gasteiger partial charge in [-0.3, -0.25) is 18.8 Å². The van der Waals surface area contributed by atoms with E-state index in [2.05, 4.69) is 0 Å². The molecular weight excluding hydrogens is 159 g/mol. The van der Waals surface area contributed by atoms with Gasteiger partial charge in [0.1, 0.15) is 0 Å². The normalized spacial score (nSPS) is 4.36. The van der Waals surface area contributed by atoms with Crippen molar-refractivity contribution in [2.45, 2.75) is 0 Å². The Morgan fingerprint density at radius 1 is 0.364 bits per heavy atom. The highest BCUT2D eigenvalue weighted by molar-refractivity contribution is 5.75. The van der Waals surface area contributed by atoms with Gasteiger partial charge in [0.05, 0.1) is 8.41 Å². The van der Waals surface area contributed by atoms with E-state index in [4.69, 9.17) is 0 Å². The molecule has 68 valence electrons. The van der Waals surface area contributed by atoms with Crippen molar-refractivity contribution in [1.29, 1.82) is 0 Å². The fourth-order valence-corrected chi connectivity index (χ4v) is 0.385. The van der Waals surface area contributed by atoms with Gasteiger partial charge in [-0.15, -0.1) is 0 Å². The third-order valence-electron chi connectivity index (χ3n) is 0.667. The van der Waals surface area contributed by atoms with Crippen molar-refractivity contribution < 1.29 is 18.8 Å². The van der Waals surface area contributed by atoms with Crippen molar-refractivity contribution in [3.8, 4) is 0 Å². The summed E-state index contributed by atoms with van der Waals surface area (Å²) < 4.78 is 0. The van der Waals surface area contributed by atoms with Gasteiger partial charge in [0.25, 0.3) is 0 Å². The van der Waals surface area contributed by atoms with Gasteiger partial charge in [-0.1, -0.05) is 36.4 Å². The summed E-state index contributed by atoms with van der Waals surface area (Å²) in [4.78, 5) is 0. The Morgan fingerprint density at radius 2 is 0.455 bits per heavy atom. The molecule has 0 heterocycles. The molecule has 0 aromatic heterocycles. The van der Waals surface area contributed by atoms with E-state index in [0.717, 1.165) is 0 Å². The predicted octanol–water partition coefficient (Wildman–Crippen LogP) is 1.11. The Morgan fingerprint density at radius 3 is 0.545 bits per heavy atom. The molecule has 0 saturated carbocycles. The van der Waals surface area contributed by atoms with Crippen molar-refractivity contribution >= 4 is 8.41 Å². The van der Waals surface area contributed by atoms with Crippen LogP contribution in [0.5, 0.6) is 0 Å². The van der Waals surface area contributed by atoms with E-state index in [1.807, 2.05) is 36.4 Å². The second-order valence-corrected chi connectivity index (χ2v) is 1.15. The molecule has 0 N–H and O–H groups in total. The third kappa shape index (κ3) is 17.6. The lowest BCUT2D eigenvalue weighted by atomic mass is 10.4. The molecule has 0 spiro atoms. The number of halogens is 4. The molecule has 0 nitrogen and oxygen atoms in total. The number of hydrogen-bond acceptors (Lipinski definition) is 0. The molecule has 0 atom stereocenters. The quantitative estimate of drug-likeness (QED) is 0.406. The average molecular weight is 172 g/mol. The van der Waals surface area contributed by atoms with Crippen LogP contribution in [0.1, 0.15) is 0 Å². The molecule has 0 radical (unpaired) electrons. The van der Waals surface area contributed by atoms with Gasteiger partial charge in [0, 0.05) is 0 Å². The Hall–Kier alpha value is -0.995. The molecule has 1 aromatic rings. The lowest BCUT2D eigenvalue weighted by Crippen LogP contribution is -1.47. The molecule has 0 aliphatic carbocycles. The molecule has 0 unspecified atom stereocenters. The van der Waals surface area contributed by atoms with Crippen molar-refractivity contribution in [2.24, 2.45) is 0 Å². The van der Waals surface area contributed by atoms with Gasteiger partial charge in [-0.25, -0.2) is 0 Å². The van der Waals surface area contributed by atoms with Crippen LogP contribution < -0.4 is 0 Å². The molecule has 5 heteroatoms. The van der Waals surface area contributed by atoms with Crippen LogP contribution in [0.3, 0.4) is 0 Å². The monoisotopic (exact) mass is 172 g/mol. The summed E-state index contributed by atoms with van der Waals surface area (Å²) in [6.45, 7) is 0. The lowest BCUT2D eigenvalue weighted by Gasteiger charge is -1.69. The lowest BCUT2D eigenvalue weighted by molar-refractivity contribution is 1.11. The summed E-state index contributed by atoms with van der Waals surface area (Å²) in [6.07, 6.45) is 0. The molecular formula is C6H13BF4. The fraction of sp³-hybridized carbons (Fsp3) is 0. The van der Waals surface area contributed by atoms with Crippen LogP contribution in [0, 0.1) is 0 Å². The van der Waals surface area contributed by atoms with Gasteiger partial charge in [0.2, 0.25) is 0 Å². The summed E-state index contributed by atoms with van der Waals surface area (Å²) in [5, 5.41) is 0. The molecule has 11 heavy (non-hydrogen) atoms. The first kappa shape index (κ1) is 32.4. The molecule has 0 saturated heterocycles. The van der Waals surface area contributed by atoms with Crippen molar-refractivity contribution in [3.05, 3.63) is 36.4 Å². The second-order valence-electron chi connectivity index (χ2n) is 1.15. The van der Waals surface area contributed by atoms with Crippen LogP contribution in [0.4, 0.5) is 18.8 Å². The summed E-state index contributed by atoms with van der Waals surface area (Å²) >= 11 is 0. The van der Waals surface area contributed by atoms with Gasteiger partial charge in [-0.05, 0) is 0 Å². The highest BCUT2D eigenvalue weighted by Gasteiger charge is 1.57. The highest BCUT2D eigenvalue weighted by atomic mass is 19.0. The summed E-state index contributed by atoms with van der Waals surface area (Å²) in [6, 6.07) is 12.0. The number of benzene rings is 1. The highest BCUT2D eigenvalue weighted by Crippen LogP contribution is 1.79. The van der Waals surface area contributed by atoms with E-state index in [9.17, 15) is 0 Å². The Balaban J connectivity index is -0.0000000240. The zero-order chi connectivity index (χ0) is 4.24. The fourth-order valence-electron chi connectivity index (χ4n) is 0.385. The van der Waals surface area contributed by atoms with Crippen molar-refractivity contribution in [1.82, 2.24) is 0 Å². The SMILES string of the molecule is B.F.F.F.F.c1ccccc1. The number of rotatable bonds is 0. The minimum atomic E-state index is 0. The van der Waals surface area contributed by atoms with Crippen LogP contribution in [0.2, 0.25) is 0 Å². The first-order valence-corrected chi connectivity index (χ1v) is 2.00. The van der Waals surface area contributed by atoms with E-state index in [1.165, 1.54) is 0 Å². The Bertz CT molecular complexity index is 86.5. The maximum atomic E-state index is 2.00.